The third kappa shape index (κ3) is 8.93. The number of ether oxygens (including phenoxy) is 4. The molecule has 1 fully saturated rings. The monoisotopic (exact) mass is 622 g/mol. The Hall–Kier alpha value is -4.19. The Morgan fingerprint density at radius 2 is 1.56 bits per heavy atom. The Kier molecular flexibility index (Phi) is 10.4. The number of hydrogen-bond donors (Lipinski definition) is 0. The molecule has 4 rings (SSSR count). The van der Waals surface area contributed by atoms with Gasteiger partial charge >= 0.3 is 11.9 Å². The molecule has 0 N–H and O–H groups in total. The normalized spacial score (nSPS) is 14.6. The minimum Gasteiger partial charge on any atom is -0.493 e. The molecule has 0 atom stereocenters. The van der Waals surface area contributed by atoms with Crippen LogP contribution in [0.3, 0.4) is 0 Å². The number of carbonyl (C=O) groups is 3. The summed E-state index contributed by atoms with van der Waals surface area (Å²) in [6.07, 6.45) is 2.44. The third-order valence-electron chi connectivity index (χ3n) is 7.28. The highest BCUT2D eigenvalue weighted by atomic mass is 16.6. The SMILES string of the molecule is CC(C)(C)OC(=O)C(CCn1nnc2cccnc2c1=O)(CC(=O)c1ccc(OCC2CCOCC2)cc1)C(=O)OC(C)(C)C. The van der Waals surface area contributed by atoms with Crippen molar-refractivity contribution in [3.8, 4) is 5.75 Å². The number of benzene rings is 1. The summed E-state index contributed by atoms with van der Waals surface area (Å²) in [5, 5.41) is 8.03. The molecule has 0 spiro atoms. The fourth-order valence-corrected chi connectivity index (χ4v) is 4.86. The van der Waals surface area contributed by atoms with Crippen LogP contribution in [-0.4, -0.2) is 68.7 Å². The number of pyridine rings is 1. The molecule has 0 amide bonds. The van der Waals surface area contributed by atoms with Gasteiger partial charge in [0.05, 0.1) is 6.61 Å². The van der Waals surface area contributed by atoms with Crippen molar-refractivity contribution in [1.82, 2.24) is 20.0 Å². The second kappa shape index (κ2) is 13.8. The van der Waals surface area contributed by atoms with Crippen molar-refractivity contribution >= 4 is 28.8 Å². The van der Waals surface area contributed by atoms with Crippen LogP contribution in [0.25, 0.3) is 11.0 Å². The predicted molar refractivity (Wildman–Crippen MR) is 165 cm³/mol. The molecule has 1 aliphatic heterocycles. The molecule has 0 aliphatic carbocycles. The number of esters is 2. The van der Waals surface area contributed by atoms with Gasteiger partial charge in [0.25, 0.3) is 5.56 Å². The highest BCUT2D eigenvalue weighted by molar-refractivity contribution is 6.07. The largest absolute Gasteiger partial charge is 0.493 e. The van der Waals surface area contributed by atoms with Crippen LogP contribution in [0.5, 0.6) is 5.75 Å². The molecule has 0 saturated carbocycles. The highest BCUT2D eigenvalue weighted by Gasteiger charge is 2.52. The number of Topliss-reactive ketones (excluding diaryl/α,β-unsaturated/α-hetero) is 1. The van der Waals surface area contributed by atoms with Crippen molar-refractivity contribution in [3.05, 3.63) is 58.5 Å². The molecule has 1 aliphatic rings. The van der Waals surface area contributed by atoms with Gasteiger partial charge in [0, 0.05) is 37.9 Å². The van der Waals surface area contributed by atoms with E-state index < -0.39 is 46.3 Å². The summed E-state index contributed by atoms with van der Waals surface area (Å²) in [6.45, 7) is 11.7. The number of carbonyl (C=O) groups excluding carboxylic acids is 3. The van der Waals surface area contributed by atoms with Crippen molar-refractivity contribution in [3.63, 3.8) is 0 Å². The first kappa shape index (κ1) is 33.7. The molecule has 3 heterocycles. The summed E-state index contributed by atoms with van der Waals surface area (Å²) in [7, 11) is 0. The Labute approximate surface area is 262 Å². The number of hydrogen-bond acceptors (Lipinski definition) is 11. The maximum atomic E-state index is 13.9. The van der Waals surface area contributed by atoms with Crippen molar-refractivity contribution in [1.29, 1.82) is 0 Å². The summed E-state index contributed by atoms with van der Waals surface area (Å²) >= 11 is 0. The van der Waals surface area contributed by atoms with Gasteiger partial charge in [-0.1, -0.05) is 5.21 Å². The minimum atomic E-state index is -2.10. The van der Waals surface area contributed by atoms with Gasteiger partial charge in [-0.15, -0.1) is 5.10 Å². The van der Waals surface area contributed by atoms with E-state index in [1.165, 1.54) is 6.20 Å². The van der Waals surface area contributed by atoms with Crippen LogP contribution in [-0.2, 0) is 30.3 Å². The summed E-state index contributed by atoms with van der Waals surface area (Å²) < 4.78 is 23.8. The molecule has 12 heteroatoms. The van der Waals surface area contributed by atoms with Gasteiger partial charge in [0.15, 0.2) is 16.7 Å². The van der Waals surface area contributed by atoms with Gasteiger partial charge in [0.2, 0.25) is 0 Å². The smallest absolute Gasteiger partial charge is 0.324 e. The van der Waals surface area contributed by atoms with Crippen LogP contribution in [0.4, 0.5) is 0 Å². The number of aromatic nitrogens is 4. The second-order valence-corrected chi connectivity index (χ2v) is 13.3. The lowest BCUT2D eigenvalue weighted by Gasteiger charge is -2.34. The van der Waals surface area contributed by atoms with Gasteiger partial charge < -0.3 is 18.9 Å². The third-order valence-corrected chi connectivity index (χ3v) is 7.28. The number of aryl methyl sites for hydroxylation is 1. The molecular formula is C33H42N4O8. The van der Waals surface area contributed by atoms with E-state index in [2.05, 4.69) is 15.3 Å². The Morgan fingerprint density at radius 1 is 0.933 bits per heavy atom. The Morgan fingerprint density at radius 3 is 2.16 bits per heavy atom. The molecule has 3 aromatic rings. The summed E-state index contributed by atoms with van der Waals surface area (Å²) in [5.74, 6) is -1.35. The summed E-state index contributed by atoms with van der Waals surface area (Å²) in [4.78, 5) is 58.9. The quantitative estimate of drug-likeness (QED) is 0.171. The zero-order valence-corrected chi connectivity index (χ0v) is 26.8. The average molecular weight is 623 g/mol. The highest BCUT2D eigenvalue weighted by Crippen LogP contribution is 2.36. The first-order chi connectivity index (χ1) is 21.2. The zero-order chi connectivity index (χ0) is 32.8. The van der Waals surface area contributed by atoms with Crippen LogP contribution in [0.2, 0.25) is 0 Å². The van der Waals surface area contributed by atoms with E-state index in [4.69, 9.17) is 18.9 Å². The molecule has 0 radical (unpaired) electrons. The van der Waals surface area contributed by atoms with Crippen molar-refractivity contribution < 1.29 is 33.3 Å². The topological polar surface area (TPSA) is 149 Å². The molecule has 2 aromatic heterocycles. The maximum absolute atomic E-state index is 13.9. The molecular weight excluding hydrogens is 580 g/mol. The van der Waals surface area contributed by atoms with Gasteiger partial charge in [0.1, 0.15) is 22.5 Å². The van der Waals surface area contributed by atoms with E-state index in [1.54, 1.807) is 77.9 Å². The van der Waals surface area contributed by atoms with Crippen LogP contribution in [0.15, 0.2) is 47.4 Å². The Bertz CT molecular complexity index is 1540. The molecule has 12 nitrogen and oxygen atoms in total. The lowest BCUT2D eigenvalue weighted by atomic mass is 9.78. The van der Waals surface area contributed by atoms with E-state index in [9.17, 15) is 19.2 Å². The number of ketones is 1. The van der Waals surface area contributed by atoms with E-state index in [-0.39, 0.29) is 24.0 Å². The lowest BCUT2D eigenvalue weighted by Crippen LogP contribution is -2.49. The van der Waals surface area contributed by atoms with Crippen molar-refractivity contribution in [2.75, 3.05) is 19.8 Å². The molecule has 1 saturated heterocycles. The Balaban J connectivity index is 1.64. The van der Waals surface area contributed by atoms with E-state index in [0.717, 1.165) is 30.7 Å². The predicted octanol–water partition coefficient (Wildman–Crippen LogP) is 4.32. The van der Waals surface area contributed by atoms with Crippen LogP contribution >= 0.6 is 0 Å². The van der Waals surface area contributed by atoms with Gasteiger partial charge in [-0.2, -0.15) is 0 Å². The second-order valence-electron chi connectivity index (χ2n) is 13.3. The summed E-state index contributed by atoms with van der Waals surface area (Å²) in [5.41, 5.74) is -3.96. The maximum Gasteiger partial charge on any atom is 0.324 e. The molecule has 242 valence electrons. The molecule has 0 bridgehead atoms. The van der Waals surface area contributed by atoms with Crippen LogP contribution in [0.1, 0.15) is 77.6 Å². The first-order valence-corrected chi connectivity index (χ1v) is 15.2. The average Bonchev–Trinajstić information content (AvgIpc) is 2.98. The lowest BCUT2D eigenvalue weighted by molar-refractivity contribution is -0.186. The van der Waals surface area contributed by atoms with Gasteiger partial charge in [-0.3, -0.25) is 19.2 Å². The number of rotatable bonds is 11. The fraction of sp³-hybridized carbons (Fsp3) is 0.545. The first-order valence-electron chi connectivity index (χ1n) is 15.2. The fourth-order valence-electron chi connectivity index (χ4n) is 4.86. The zero-order valence-electron chi connectivity index (χ0n) is 26.8. The molecule has 45 heavy (non-hydrogen) atoms. The molecule has 1 aromatic carbocycles. The van der Waals surface area contributed by atoms with Crippen LogP contribution < -0.4 is 10.3 Å². The van der Waals surface area contributed by atoms with Crippen molar-refractivity contribution in [2.45, 2.75) is 85.0 Å². The van der Waals surface area contributed by atoms with Gasteiger partial charge in [-0.25, -0.2) is 9.67 Å². The van der Waals surface area contributed by atoms with Crippen molar-refractivity contribution in [2.24, 2.45) is 11.3 Å². The van der Waals surface area contributed by atoms with E-state index >= 15 is 0 Å². The molecule has 0 unspecified atom stereocenters. The van der Waals surface area contributed by atoms with E-state index in [0.29, 0.717) is 23.8 Å². The van der Waals surface area contributed by atoms with E-state index in [1.807, 2.05) is 0 Å². The number of nitrogens with zero attached hydrogens (tertiary/aromatic N) is 4. The number of fused-ring (bicyclic) bond motifs is 1. The minimum absolute atomic E-state index is 0.0860. The van der Waals surface area contributed by atoms with Gasteiger partial charge in [-0.05, 0) is 103 Å². The van der Waals surface area contributed by atoms with Crippen LogP contribution in [0, 0.1) is 11.3 Å². The summed E-state index contributed by atoms with van der Waals surface area (Å²) in [6, 6.07) is 9.81. The standard InChI is InChI=1S/C33H42N4O8/c1-31(2,3)44-29(40)33(30(41)45-32(4,5)6,15-17-37-28(39)27-25(35-36-37)8-7-16-34-27)20-26(38)23-9-11-24(12-10-23)43-21-22-13-18-42-19-14-22/h7-12,16,22H,13-15,17-21H2,1-6H3.